The molecule has 1 amide bonds. The van der Waals surface area contributed by atoms with Crippen molar-refractivity contribution < 1.29 is 14.7 Å². The highest BCUT2D eigenvalue weighted by molar-refractivity contribution is 5.90. The summed E-state index contributed by atoms with van der Waals surface area (Å²) in [6, 6.07) is 6.54. The molecule has 3 N–H and O–H groups in total. The second kappa shape index (κ2) is 5.73. The van der Waals surface area contributed by atoms with Crippen LogP contribution in [0.1, 0.15) is 25.3 Å². The first-order valence-corrected chi connectivity index (χ1v) is 6.49. The highest BCUT2D eigenvalue weighted by Gasteiger charge is 2.29. The number of hydrogen-bond donors (Lipinski definition) is 3. The predicted octanol–water partition coefficient (Wildman–Crippen LogP) is 1.39. The van der Waals surface area contributed by atoms with Crippen LogP contribution in [-0.2, 0) is 16.0 Å². The van der Waals surface area contributed by atoms with Crippen molar-refractivity contribution in [2.45, 2.75) is 38.3 Å². The van der Waals surface area contributed by atoms with Gasteiger partial charge in [-0.2, -0.15) is 0 Å². The van der Waals surface area contributed by atoms with Gasteiger partial charge in [0.15, 0.2) is 0 Å². The Morgan fingerprint density at radius 3 is 2.84 bits per heavy atom. The monoisotopic (exact) mass is 262 g/mol. The second-order valence-electron chi connectivity index (χ2n) is 4.75. The first-order chi connectivity index (χ1) is 9.11. The lowest BCUT2D eigenvalue weighted by Gasteiger charge is -2.17. The van der Waals surface area contributed by atoms with E-state index in [9.17, 15) is 9.59 Å². The second-order valence-corrected chi connectivity index (χ2v) is 4.75. The Labute approximate surface area is 112 Å². The van der Waals surface area contributed by atoms with Crippen LogP contribution in [0.3, 0.4) is 0 Å². The molecule has 1 aromatic rings. The molecule has 1 aliphatic rings. The van der Waals surface area contributed by atoms with Crippen molar-refractivity contribution in [2.24, 2.45) is 0 Å². The fourth-order valence-corrected chi connectivity index (χ4v) is 2.27. The van der Waals surface area contributed by atoms with Gasteiger partial charge in [0.1, 0.15) is 12.1 Å². The zero-order valence-electron chi connectivity index (χ0n) is 10.8. The molecule has 0 saturated heterocycles. The molecule has 1 aliphatic heterocycles. The van der Waals surface area contributed by atoms with E-state index in [1.165, 1.54) is 0 Å². The Kier molecular flexibility index (Phi) is 4.04. The Bertz CT molecular complexity index is 462. The largest absolute Gasteiger partial charge is 0.480 e. The maximum Gasteiger partial charge on any atom is 0.326 e. The molecule has 1 unspecified atom stereocenters. The van der Waals surface area contributed by atoms with E-state index >= 15 is 0 Å². The topological polar surface area (TPSA) is 78.4 Å². The Balaban J connectivity index is 1.97. The Morgan fingerprint density at radius 2 is 2.21 bits per heavy atom. The molecule has 2 rings (SSSR count). The molecular weight excluding hydrogens is 244 g/mol. The van der Waals surface area contributed by atoms with Gasteiger partial charge >= 0.3 is 5.97 Å². The number of hydrogen-bond acceptors (Lipinski definition) is 3. The lowest BCUT2D eigenvalue weighted by Crippen LogP contribution is -2.47. The molecule has 102 valence electrons. The minimum atomic E-state index is -0.981. The molecule has 0 fully saturated rings. The highest BCUT2D eigenvalue weighted by Crippen LogP contribution is 2.25. The van der Waals surface area contributed by atoms with Gasteiger partial charge in [-0.05, 0) is 18.1 Å². The van der Waals surface area contributed by atoms with Crippen LogP contribution < -0.4 is 10.6 Å². The third-order valence-corrected chi connectivity index (χ3v) is 3.28. The fourth-order valence-electron chi connectivity index (χ4n) is 2.27. The summed E-state index contributed by atoms with van der Waals surface area (Å²) in [6.07, 6.45) is 1.76. The number of amides is 1. The van der Waals surface area contributed by atoms with Crippen molar-refractivity contribution in [1.82, 2.24) is 5.32 Å². The van der Waals surface area contributed by atoms with Gasteiger partial charge < -0.3 is 15.7 Å². The number of rotatable bonds is 5. The van der Waals surface area contributed by atoms with E-state index < -0.39 is 12.0 Å². The summed E-state index contributed by atoms with van der Waals surface area (Å²) < 4.78 is 0. The van der Waals surface area contributed by atoms with E-state index in [-0.39, 0.29) is 11.9 Å². The number of carboxylic acid groups (broad SMARTS) is 1. The maximum absolute atomic E-state index is 12.1. The fraction of sp³-hybridized carbons (Fsp3) is 0.429. The first-order valence-electron chi connectivity index (χ1n) is 6.49. The van der Waals surface area contributed by atoms with Gasteiger partial charge in [-0.3, -0.25) is 4.79 Å². The normalized spacial score (nSPS) is 18.3. The lowest BCUT2D eigenvalue weighted by atomic mass is 10.1. The molecule has 19 heavy (non-hydrogen) atoms. The molecular formula is C14H18N2O3. The molecule has 0 saturated carbocycles. The van der Waals surface area contributed by atoms with Crippen LogP contribution in [0.15, 0.2) is 24.3 Å². The SMILES string of the molecule is CCCC(NC(=O)[C@@H]1Cc2ccccc2N1)C(=O)O. The summed E-state index contributed by atoms with van der Waals surface area (Å²) >= 11 is 0. The van der Waals surface area contributed by atoms with Gasteiger partial charge in [-0.1, -0.05) is 31.5 Å². The summed E-state index contributed by atoms with van der Waals surface area (Å²) in [5.74, 6) is -1.23. The van der Waals surface area contributed by atoms with Gasteiger partial charge in [0.2, 0.25) is 5.91 Å². The lowest BCUT2D eigenvalue weighted by molar-refractivity contribution is -0.142. The van der Waals surface area contributed by atoms with Crippen molar-refractivity contribution in [3.05, 3.63) is 29.8 Å². The quantitative estimate of drug-likeness (QED) is 0.749. The average molecular weight is 262 g/mol. The van der Waals surface area contributed by atoms with Crippen molar-refractivity contribution in [2.75, 3.05) is 5.32 Å². The number of benzene rings is 1. The molecule has 2 atom stereocenters. The van der Waals surface area contributed by atoms with Crippen molar-refractivity contribution in [3.63, 3.8) is 0 Å². The predicted molar refractivity (Wildman–Crippen MR) is 72.0 cm³/mol. The van der Waals surface area contributed by atoms with Crippen molar-refractivity contribution in [3.8, 4) is 0 Å². The third kappa shape index (κ3) is 3.05. The molecule has 0 aromatic heterocycles. The molecule has 0 spiro atoms. The van der Waals surface area contributed by atoms with Crippen molar-refractivity contribution in [1.29, 1.82) is 0 Å². The number of nitrogens with one attached hydrogen (secondary N) is 2. The van der Waals surface area contributed by atoms with E-state index in [4.69, 9.17) is 5.11 Å². The van der Waals surface area contributed by atoms with Crippen LogP contribution in [0, 0.1) is 0 Å². The van der Waals surface area contributed by atoms with Crippen molar-refractivity contribution >= 4 is 17.6 Å². The molecule has 0 aliphatic carbocycles. The van der Waals surface area contributed by atoms with Gasteiger partial charge in [0, 0.05) is 12.1 Å². The van der Waals surface area contributed by atoms with E-state index in [1.54, 1.807) is 0 Å². The van der Waals surface area contributed by atoms with Gasteiger partial charge in [-0.15, -0.1) is 0 Å². The third-order valence-electron chi connectivity index (χ3n) is 3.28. The summed E-state index contributed by atoms with van der Waals surface area (Å²) in [5.41, 5.74) is 2.04. The van der Waals surface area contributed by atoms with Crippen LogP contribution in [0.4, 0.5) is 5.69 Å². The van der Waals surface area contributed by atoms with Gasteiger partial charge in [0.05, 0.1) is 0 Å². The standard InChI is InChI=1S/C14H18N2O3/c1-2-5-11(14(18)19)16-13(17)12-8-9-6-3-4-7-10(9)15-12/h3-4,6-7,11-12,15H,2,5,8H2,1H3,(H,16,17)(H,18,19)/t11?,12-/m0/s1. The number of carboxylic acids is 1. The molecule has 1 aromatic carbocycles. The highest BCUT2D eigenvalue weighted by atomic mass is 16.4. The number of anilines is 1. The first kappa shape index (κ1) is 13.4. The maximum atomic E-state index is 12.1. The number of fused-ring (bicyclic) bond motifs is 1. The van der Waals surface area contributed by atoms with E-state index in [1.807, 2.05) is 31.2 Å². The number of para-hydroxylation sites is 1. The van der Waals surface area contributed by atoms with Crippen LogP contribution in [0.5, 0.6) is 0 Å². The van der Waals surface area contributed by atoms with Gasteiger partial charge in [0.25, 0.3) is 0 Å². The average Bonchev–Trinajstić information content (AvgIpc) is 2.81. The molecule has 5 nitrogen and oxygen atoms in total. The van der Waals surface area contributed by atoms with Gasteiger partial charge in [-0.25, -0.2) is 4.79 Å². The molecule has 5 heteroatoms. The molecule has 0 bridgehead atoms. The number of carbonyl (C=O) groups excluding carboxylic acids is 1. The summed E-state index contributed by atoms with van der Waals surface area (Å²) in [5, 5.41) is 14.7. The minimum Gasteiger partial charge on any atom is -0.480 e. The van der Waals surface area contributed by atoms with Crippen LogP contribution in [0.25, 0.3) is 0 Å². The van der Waals surface area contributed by atoms with Crippen LogP contribution in [-0.4, -0.2) is 29.1 Å². The summed E-state index contributed by atoms with van der Waals surface area (Å²) in [4.78, 5) is 23.1. The summed E-state index contributed by atoms with van der Waals surface area (Å²) in [6.45, 7) is 1.89. The Hall–Kier alpha value is -2.04. The number of aliphatic carboxylic acids is 1. The minimum absolute atomic E-state index is 0.253. The zero-order valence-corrected chi connectivity index (χ0v) is 10.8. The number of carbonyl (C=O) groups is 2. The van der Waals surface area contributed by atoms with E-state index in [0.29, 0.717) is 12.8 Å². The van der Waals surface area contributed by atoms with E-state index in [0.717, 1.165) is 17.7 Å². The molecule has 0 radical (unpaired) electrons. The smallest absolute Gasteiger partial charge is 0.326 e. The summed E-state index contributed by atoms with van der Waals surface area (Å²) in [7, 11) is 0. The Morgan fingerprint density at radius 1 is 1.47 bits per heavy atom. The van der Waals surface area contributed by atoms with E-state index in [2.05, 4.69) is 10.6 Å². The van der Waals surface area contributed by atoms with Crippen LogP contribution >= 0.6 is 0 Å². The zero-order chi connectivity index (χ0) is 13.8. The molecule has 1 heterocycles. The van der Waals surface area contributed by atoms with Crippen LogP contribution in [0.2, 0.25) is 0 Å².